The van der Waals surface area contributed by atoms with Gasteiger partial charge in [0.25, 0.3) is 5.91 Å². The Bertz CT molecular complexity index is 524. The maximum Gasteiger partial charge on any atom is 0.329 e. The lowest BCUT2D eigenvalue weighted by Gasteiger charge is -2.26. The monoisotopic (exact) mass is 296 g/mol. The number of rotatable bonds is 6. The van der Waals surface area contributed by atoms with E-state index in [1.54, 1.807) is 17.5 Å². The van der Waals surface area contributed by atoms with Gasteiger partial charge in [0.15, 0.2) is 0 Å². The molecule has 0 bridgehead atoms. The summed E-state index contributed by atoms with van der Waals surface area (Å²) in [7, 11) is 0. The summed E-state index contributed by atoms with van der Waals surface area (Å²) in [6.07, 6.45) is 1.59. The first-order chi connectivity index (χ1) is 9.43. The fourth-order valence-electron chi connectivity index (χ4n) is 1.98. The van der Waals surface area contributed by atoms with Gasteiger partial charge in [-0.25, -0.2) is 4.79 Å². The van der Waals surface area contributed by atoms with E-state index < -0.39 is 17.4 Å². The third kappa shape index (κ3) is 3.16. The maximum absolute atomic E-state index is 11.8. The molecule has 0 aliphatic heterocycles. The number of hydrogen-bond acceptors (Lipinski definition) is 4. The summed E-state index contributed by atoms with van der Waals surface area (Å²) in [4.78, 5) is 35.2. The smallest absolute Gasteiger partial charge is 0.329 e. The van der Waals surface area contributed by atoms with Crippen LogP contribution in [0.1, 0.15) is 29.4 Å². The van der Waals surface area contributed by atoms with Gasteiger partial charge in [-0.15, -0.1) is 11.3 Å². The topological polar surface area (TPSA) is 95.5 Å². The molecular formula is C13H16N2O4S. The number of aliphatic carboxylic acids is 1. The van der Waals surface area contributed by atoms with E-state index in [0.717, 1.165) is 12.8 Å². The van der Waals surface area contributed by atoms with E-state index in [0.29, 0.717) is 4.88 Å². The minimum Gasteiger partial charge on any atom is -0.480 e. The summed E-state index contributed by atoms with van der Waals surface area (Å²) in [5.74, 6) is -1.90. The van der Waals surface area contributed by atoms with Crippen LogP contribution in [0, 0.1) is 5.92 Å². The van der Waals surface area contributed by atoms with Gasteiger partial charge in [0.2, 0.25) is 5.91 Å². The van der Waals surface area contributed by atoms with Crippen molar-refractivity contribution in [2.24, 2.45) is 5.92 Å². The number of thiophene rings is 1. The minimum absolute atomic E-state index is 0.0306. The third-order valence-corrected chi connectivity index (χ3v) is 4.26. The van der Waals surface area contributed by atoms with Gasteiger partial charge >= 0.3 is 5.97 Å². The van der Waals surface area contributed by atoms with E-state index in [4.69, 9.17) is 0 Å². The Morgan fingerprint density at radius 3 is 2.65 bits per heavy atom. The summed E-state index contributed by atoms with van der Waals surface area (Å²) < 4.78 is 0. The minimum atomic E-state index is -1.25. The summed E-state index contributed by atoms with van der Waals surface area (Å²) in [6.45, 7) is 1.28. The molecule has 1 saturated carbocycles. The molecule has 0 radical (unpaired) electrons. The molecule has 1 aliphatic rings. The third-order valence-electron chi connectivity index (χ3n) is 3.39. The predicted molar refractivity (Wildman–Crippen MR) is 73.6 cm³/mol. The Kier molecular flexibility index (Phi) is 4.08. The molecule has 1 aromatic heterocycles. The van der Waals surface area contributed by atoms with Crippen molar-refractivity contribution in [3.63, 3.8) is 0 Å². The van der Waals surface area contributed by atoms with E-state index in [-0.39, 0.29) is 18.4 Å². The van der Waals surface area contributed by atoms with Gasteiger partial charge in [-0.1, -0.05) is 6.07 Å². The Balaban J connectivity index is 1.86. The van der Waals surface area contributed by atoms with Gasteiger partial charge in [-0.2, -0.15) is 0 Å². The first kappa shape index (κ1) is 14.5. The number of carbonyl (C=O) groups is 3. The average molecular weight is 296 g/mol. The molecule has 7 heteroatoms. The van der Waals surface area contributed by atoms with Crippen LogP contribution < -0.4 is 10.6 Å². The van der Waals surface area contributed by atoms with Crippen LogP contribution in [0.2, 0.25) is 0 Å². The lowest BCUT2D eigenvalue weighted by atomic mass is 9.96. The Labute approximate surface area is 120 Å². The van der Waals surface area contributed by atoms with Crippen LogP contribution in [-0.4, -0.2) is 35.0 Å². The SMILES string of the molecule is CC(NC(=O)CNC(=O)c1cccs1)(C(=O)O)C1CC1. The molecule has 0 saturated heterocycles. The van der Waals surface area contributed by atoms with Crippen molar-refractivity contribution in [3.05, 3.63) is 22.4 Å². The van der Waals surface area contributed by atoms with Gasteiger partial charge in [0.05, 0.1) is 11.4 Å². The highest BCUT2D eigenvalue weighted by atomic mass is 32.1. The van der Waals surface area contributed by atoms with Crippen LogP contribution >= 0.6 is 11.3 Å². The number of carbonyl (C=O) groups excluding carboxylic acids is 2. The summed E-state index contributed by atoms with van der Waals surface area (Å²) in [6, 6.07) is 3.40. The lowest BCUT2D eigenvalue weighted by Crippen LogP contribution is -2.56. The molecule has 6 nitrogen and oxygen atoms in total. The number of carboxylic acids is 1. The zero-order chi connectivity index (χ0) is 14.8. The lowest BCUT2D eigenvalue weighted by molar-refractivity contribution is -0.147. The van der Waals surface area contributed by atoms with Crippen LogP contribution in [0.5, 0.6) is 0 Å². The van der Waals surface area contributed by atoms with Gasteiger partial charge < -0.3 is 15.7 Å². The van der Waals surface area contributed by atoms with Crippen LogP contribution in [0.4, 0.5) is 0 Å². The zero-order valence-corrected chi connectivity index (χ0v) is 11.8. The normalized spacial score (nSPS) is 17.1. The molecule has 2 rings (SSSR count). The van der Waals surface area contributed by atoms with Crippen molar-refractivity contribution in [2.75, 3.05) is 6.54 Å². The van der Waals surface area contributed by atoms with Crippen LogP contribution in [-0.2, 0) is 9.59 Å². The van der Waals surface area contributed by atoms with Gasteiger partial charge in [0.1, 0.15) is 5.54 Å². The molecule has 108 valence electrons. The average Bonchev–Trinajstić information content (AvgIpc) is 3.12. The van der Waals surface area contributed by atoms with E-state index in [1.165, 1.54) is 18.3 Å². The molecule has 1 aromatic rings. The largest absolute Gasteiger partial charge is 0.480 e. The second-order valence-corrected chi connectivity index (χ2v) is 5.94. The van der Waals surface area contributed by atoms with E-state index in [9.17, 15) is 19.5 Å². The second-order valence-electron chi connectivity index (χ2n) is 4.99. The fourth-order valence-corrected chi connectivity index (χ4v) is 2.62. The Morgan fingerprint density at radius 1 is 1.45 bits per heavy atom. The maximum atomic E-state index is 11.8. The van der Waals surface area contributed by atoms with E-state index in [1.807, 2.05) is 0 Å². The zero-order valence-electron chi connectivity index (χ0n) is 11.0. The molecular weight excluding hydrogens is 280 g/mol. The highest BCUT2D eigenvalue weighted by Crippen LogP contribution is 2.39. The standard InChI is InChI=1S/C13H16N2O4S/c1-13(12(18)19,8-4-5-8)15-10(16)7-14-11(17)9-3-2-6-20-9/h2-3,6,8H,4-5,7H2,1H3,(H,14,17)(H,15,16)(H,18,19). The highest BCUT2D eigenvalue weighted by molar-refractivity contribution is 7.12. The first-order valence-corrected chi connectivity index (χ1v) is 7.17. The predicted octanol–water partition coefficient (Wildman–Crippen LogP) is 0.847. The molecule has 0 spiro atoms. The van der Waals surface area contributed by atoms with Crippen LogP contribution in [0.15, 0.2) is 17.5 Å². The molecule has 20 heavy (non-hydrogen) atoms. The summed E-state index contributed by atoms with van der Waals surface area (Å²) >= 11 is 1.28. The molecule has 0 aromatic carbocycles. The van der Waals surface area contributed by atoms with Crippen LogP contribution in [0.25, 0.3) is 0 Å². The second kappa shape index (κ2) is 5.62. The first-order valence-electron chi connectivity index (χ1n) is 6.29. The van der Waals surface area contributed by atoms with Crippen molar-refractivity contribution in [1.29, 1.82) is 0 Å². The van der Waals surface area contributed by atoms with Gasteiger partial charge in [-0.05, 0) is 37.1 Å². The number of hydrogen-bond donors (Lipinski definition) is 3. The fraction of sp³-hybridized carbons (Fsp3) is 0.462. The molecule has 1 aliphatic carbocycles. The van der Waals surface area contributed by atoms with Crippen molar-refractivity contribution in [3.8, 4) is 0 Å². The Hall–Kier alpha value is -1.89. The highest BCUT2D eigenvalue weighted by Gasteiger charge is 2.48. The molecule has 1 atom stereocenters. The number of carboxylic acid groups (broad SMARTS) is 1. The van der Waals surface area contributed by atoms with Crippen molar-refractivity contribution >= 4 is 29.1 Å². The molecule has 1 fully saturated rings. The van der Waals surface area contributed by atoms with Gasteiger partial charge in [-0.3, -0.25) is 9.59 Å². The van der Waals surface area contributed by atoms with Crippen LogP contribution in [0.3, 0.4) is 0 Å². The molecule has 2 amide bonds. The summed E-state index contributed by atoms with van der Waals surface area (Å²) in [5.41, 5.74) is -1.25. The summed E-state index contributed by atoms with van der Waals surface area (Å²) in [5, 5.41) is 16.0. The van der Waals surface area contributed by atoms with Crippen molar-refractivity contribution < 1.29 is 19.5 Å². The van der Waals surface area contributed by atoms with E-state index in [2.05, 4.69) is 10.6 Å². The molecule has 1 heterocycles. The Morgan fingerprint density at radius 2 is 2.15 bits per heavy atom. The van der Waals surface area contributed by atoms with Gasteiger partial charge in [0, 0.05) is 0 Å². The quantitative estimate of drug-likeness (QED) is 0.725. The van der Waals surface area contributed by atoms with Crippen molar-refractivity contribution in [2.45, 2.75) is 25.3 Å². The molecule has 1 unspecified atom stereocenters. The molecule has 3 N–H and O–H groups in total. The van der Waals surface area contributed by atoms with E-state index >= 15 is 0 Å². The number of amides is 2. The number of nitrogens with one attached hydrogen (secondary N) is 2. The van der Waals surface area contributed by atoms with Crippen molar-refractivity contribution in [1.82, 2.24) is 10.6 Å².